The molecule has 2 aromatic carbocycles. The number of hydrogen-bond acceptors (Lipinski definition) is 3. The number of methoxy groups -OCH3 is 1. The summed E-state index contributed by atoms with van der Waals surface area (Å²) in [6.07, 6.45) is 0.873. The van der Waals surface area contributed by atoms with Crippen molar-refractivity contribution in [2.24, 2.45) is 0 Å². The van der Waals surface area contributed by atoms with E-state index in [1.165, 1.54) is 12.1 Å². The Labute approximate surface area is 112 Å². The molecule has 2 aromatic rings. The monoisotopic (exact) mass is 260 g/mol. The van der Waals surface area contributed by atoms with Crippen LogP contribution in [-0.2, 0) is 6.42 Å². The van der Waals surface area contributed by atoms with E-state index >= 15 is 0 Å². The number of rotatable bonds is 4. The molecule has 0 saturated heterocycles. The lowest BCUT2D eigenvalue weighted by Gasteiger charge is -2.12. The predicted molar refractivity (Wildman–Crippen MR) is 76.5 cm³/mol. The number of halogens is 1. The van der Waals surface area contributed by atoms with E-state index < -0.39 is 0 Å². The molecule has 4 heteroatoms. The van der Waals surface area contributed by atoms with Crippen molar-refractivity contribution in [2.75, 3.05) is 18.2 Å². The molecule has 100 valence electrons. The average molecular weight is 260 g/mol. The van der Waals surface area contributed by atoms with Gasteiger partial charge in [0.05, 0.1) is 18.5 Å². The Balaban J connectivity index is 2.28. The number of nitrogen functional groups attached to an aromatic ring is 1. The quantitative estimate of drug-likeness (QED) is 0.823. The number of anilines is 3. The highest BCUT2D eigenvalue weighted by molar-refractivity contribution is 5.73. The molecule has 0 aliphatic carbocycles. The molecule has 3 nitrogen and oxygen atoms in total. The van der Waals surface area contributed by atoms with E-state index in [9.17, 15) is 4.39 Å². The van der Waals surface area contributed by atoms with Crippen LogP contribution in [0.5, 0.6) is 5.75 Å². The summed E-state index contributed by atoms with van der Waals surface area (Å²) >= 11 is 0. The summed E-state index contributed by atoms with van der Waals surface area (Å²) in [7, 11) is 1.65. The SMILES string of the molecule is CCc1cc(Nc2ccc(F)cc2N)ccc1OC. The van der Waals surface area contributed by atoms with E-state index in [0.717, 1.165) is 23.4 Å². The van der Waals surface area contributed by atoms with Gasteiger partial charge in [0, 0.05) is 5.69 Å². The second-order valence-electron chi connectivity index (χ2n) is 4.24. The minimum Gasteiger partial charge on any atom is -0.496 e. The maximum Gasteiger partial charge on any atom is 0.125 e. The van der Waals surface area contributed by atoms with Crippen molar-refractivity contribution >= 4 is 17.1 Å². The van der Waals surface area contributed by atoms with Crippen molar-refractivity contribution in [1.82, 2.24) is 0 Å². The topological polar surface area (TPSA) is 47.3 Å². The van der Waals surface area contributed by atoms with Crippen LogP contribution in [0, 0.1) is 5.82 Å². The van der Waals surface area contributed by atoms with Crippen LogP contribution in [0.2, 0.25) is 0 Å². The molecule has 0 saturated carbocycles. The van der Waals surface area contributed by atoms with Crippen molar-refractivity contribution in [2.45, 2.75) is 13.3 Å². The van der Waals surface area contributed by atoms with Gasteiger partial charge in [-0.05, 0) is 48.4 Å². The first-order chi connectivity index (χ1) is 9.13. The lowest BCUT2D eigenvalue weighted by atomic mass is 10.1. The third-order valence-electron chi connectivity index (χ3n) is 2.95. The Morgan fingerprint density at radius 3 is 2.63 bits per heavy atom. The number of aryl methyl sites for hydroxylation is 1. The summed E-state index contributed by atoms with van der Waals surface area (Å²) in [6.45, 7) is 2.06. The largest absolute Gasteiger partial charge is 0.496 e. The molecule has 0 fully saturated rings. The molecule has 0 aliphatic rings. The van der Waals surface area contributed by atoms with Crippen molar-refractivity contribution in [3.63, 3.8) is 0 Å². The summed E-state index contributed by atoms with van der Waals surface area (Å²) in [4.78, 5) is 0. The van der Waals surface area contributed by atoms with Crippen LogP contribution >= 0.6 is 0 Å². The average Bonchev–Trinajstić information content (AvgIpc) is 2.41. The van der Waals surface area contributed by atoms with Gasteiger partial charge >= 0.3 is 0 Å². The van der Waals surface area contributed by atoms with E-state index in [2.05, 4.69) is 12.2 Å². The fraction of sp³-hybridized carbons (Fsp3) is 0.200. The van der Waals surface area contributed by atoms with Crippen molar-refractivity contribution in [3.8, 4) is 5.75 Å². The molecular formula is C15H17FN2O. The lowest BCUT2D eigenvalue weighted by Crippen LogP contribution is -1.98. The zero-order valence-electron chi connectivity index (χ0n) is 11.0. The van der Waals surface area contributed by atoms with E-state index in [4.69, 9.17) is 10.5 Å². The normalized spacial score (nSPS) is 10.3. The maximum atomic E-state index is 13.0. The van der Waals surface area contributed by atoms with Crippen molar-refractivity contribution in [1.29, 1.82) is 0 Å². The molecule has 19 heavy (non-hydrogen) atoms. The van der Waals surface area contributed by atoms with Gasteiger partial charge < -0.3 is 15.8 Å². The van der Waals surface area contributed by atoms with Crippen LogP contribution in [0.1, 0.15) is 12.5 Å². The predicted octanol–water partition coefficient (Wildman–Crippen LogP) is 3.72. The molecule has 0 atom stereocenters. The van der Waals surface area contributed by atoms with E-state index in [0.29, 0.717) is 11.4 Å². The molecule has 0 aromatic heterocycles. The third kappa shape index (κ3) is 2.96. The fourth-order valence-corrected chi connectivity index (χ4v) is 1.94. The smallest absolute Gasteiger partial charge is 0.125 e. The van der Waals surface area contributed by atoms with Gasteiger partial charge in [-0.2, -0.15) is 0 Å². The number of hydrogen-bond donors (Lipinski definition) is 2. The van der Waals surface area contributed by atoms with Crippen LogP contribution in [0.3, 0.4) is 0 Å². The summed E-state index contributed by atoms with van der Waals surface area (Å²) in [5.41, 5.74) is 8.84. The van der Waals surface area contributed by atoms with E-state index in [-0.39, 0.29) is 5.82 Å². The van der Waals surface area contributed by atoms with Gasteiger partial charge in [0.1, 0.15) is 11.6 Å². The Bertz CT molecular complexity index is 584. The first kappa shape index (κ1) is 13.2. The van der Waals surface area contributed by atoms with Crippen molar-refractivity contribution < 1.29 is 9.13 Å². The molecule has 3 N–H and O–H groups in total. The zero-order valence-corrected chi connectivity index (χ0v) is 11.0. The van der Waals surface area contributed by atoms with Crippen LogP contribution in [0.15, 0.2) is 36.4 Å². The van der Waals surface area contributed by atoms with Gasteiger partial charge in [-0.15, -0.1) is 0 Å². The maximum absolute atomic E-state index is 13.0. The standard InChI is InChI=1S/C15H17FN2O/c1-3-10-8-12(5-7-15(10)19-2)18-14-6-4-11(16)9-13(14)17/h4-9,18H,3,17H2,1-2H3. The molecule has 0 spiro atoms. The Morgan fingerprint density at radius 1 is 1.21 bits per heavy atom. The highest BCUT2D eigenvalue weighted by atomic mass is 19.1. The summed E-state index contributed by atoms with van der Waals surface area (Å²) in [5.74, 6) is 0.521. The van der Waals surface area contributed by atoms with Gasteiger partial charge in [0.15, 0.2) is 0 Å². The molecule has 0 radical (unpaired) electrons. The van der Waals surface area contributed by atoms with Gasteiger partial charge in [-0.1, -0.05) is 6.92 Å². The molecule has 2 rings (SSSR count). The van der Waals surface area contributed by atoms with Crippen molar-refractivity contribution in [3.05, 3.63) is 47.8 Å². The van der Waals surface area contributed by atoms with Gasteiger partial charge in [-0.3, -0.25) is 0 Å². The first-order valence-electron chi connectivity index (χ1n) is 6.13. The molecule has 0 amide bonds. The van der Waals surface area contributed by atoms with Crippen LogP contribution in [0.25, 0.3) is 0 Å². The second-order valence-corrected chi connectivity index (χ2v) is 4.24. The third-order valence-corrected chi connectivity index (χ3v) is 2.95. The first-order valence-corrected chi connectivity index (χ1v) is 6.13. The van der Waals surface area contributed by atoms with Gasteiger partial charge in [0.25, 0.3) is 0 Å². The van der Waals surface area contributed by atoms with Gasteiger partial charge in [0.2, 0.25) is 0 Å². The Kier molecular flexibility index (Phi) is 3.90. The van der Waals surface area contributed by atoms with E-state index in [1.54, 1.807) is 13.2 Å². The summed E-state index contributed by atoms with van der Waals surface area (Å²) in [6, 6.07) is 10.1. The van der Waals surface area contributed by atoms with Crippen LogP contribution in [0.4, 0.5) is 21.5 Å². The molecular weight excluding hydrogens is 243 g/mol. The van der Waals surface area contributed by atoms with Crippen LogP contribution < -0.4 is 15.8 Å². The highest BCUT2D eigenvalue weighted by Gasteiger charge is 2.05. The number of nitrogens with one attached hydrogen (secondary N) is 1. The van der Waals surface area contributed by atoms with Gasteiger partial charge in [-0.25, -0.2) is 4.39 Å². The molecule has 0 aliphatic heterocycles. The Morgan fingerprint density at radius 2 is 2.00 bits per heavy atom. The van der Waals surface area contributed by atoms with E-state index in [1.807, 2.05) is 18.2 Å². The summed E-state index contributed by atoms with van der Waals surface area (Å²) in [5, 5.41) is 3.18. The summed E-state index contributed by atoms with van der Waals surface area (Å²) < 4.78 is 18.3. The highest BCUT2D eigenvalue weighted by Crippen LogP contribution is 2.28. The molecule has 0 unspecified atom stereocenters. The second kappa shape index (κ2) is 5.61. The lowest BCUT2D eigenvalue weighted by molar-refractivity contribution is 0.410. The number of ether oxygens (including phenoxy) is 1. The zero-order chi connectivity index (χ0) is 13.8. The minimum atomic E-state index is -0.341. The molecule has 0 heterocycles. The number of nitrogens with two attached hydrogens (primary N) is 1. The number of benzene rings is 2. The Hall–Kier alpha value is -2.23. The van der Waals surface area contributed by atoms with Crippen LogP contribution in [-0.4, -0.2) is 7.11 Å². The minimum absolute atomic E-state index is 0.341. The fourth-order valence-electron chi connectivity index (χ4n) is 1.94. The molecule has 0 bridgehead atoms.